The van der Waals surface area contributed by atoms with Gasteiger partial charge in [0.2, 0.25) is 0 Å². The fourth-order valence-corrected chi connectivity index (χ4v) is 3.75. The van der Waals surface area contributed by atoms with E-state index in [1.54, 1.807) is 6.20 Å². The smallest absolute Gasteiger partial charge is 0.142 e. The molecule has 0 aliphatic carbocycles. The SMILES string of the molecule is CC.Cc1ccc(OCc2c(N3CCSCC3)ccnc2Cl)c(N)c1. The topological polar surface area (TPSA) is 51.4 Å². The predicted molar refractivity (Wildman–Crippen MR) is 110 cm³/mol. The third-order valence-corrected chi connectivity index (χ3v) is 5.14. The van der Waals surface area contributed by atoms with E-state index in [1.165, 1.54) is 0 Å². The Balaban J connectivity index is 0.00000109. The maximum Gasteiger partial charge on any atom is 0.142 e. The molecule has 0 amide bonds. The van der Waals surface area contributed by atoms with Gasteiger partial charge < -0.3 is 15.4 Å². The van der Waals surface area contributed by atoms with Crippen LogP contribution in [0.4, 0.5) is 11.4 Å². The molecule has 0 unspecified atom stereocenters. The molecule has 1 aliphatic heterocycles. The van der Waals surface area contributed by atoms with E-state index in [9.17, 15) is 0 Å². The molecule has 136 valence electrons. The van der Waals surface area contributed by atoms with Gasteiger partial charge in [0.1, 0.15) is 17.5 Å². The molecule has 1 aromatic carbocycles. The van der Waals surface area contributed by atoms with Crippen LogP contribution in [0.3, 0.4) is 0 Å². The first-order valence-electron chi connectivity index (χ1n) is 8.60. The van der Waals surface area contributed by atoms with Crippen molar-refractivity contribution < 1.29 is 4.74 Å². The summed E-state index contributed by atoms with van der Waals surface area (Å²) in [4.78, 5) is 6.55. The van der Waals surface area contributed by atoms with E-state index in [0.29, 0.717) is 23.2 Å². The number of ether oxygens (including phenoxy) is 1. The molecule has 0 spiro atoms. The number of aryl methyl sites for hydroxylation is 1. The number of anilines is 2. The second kappa shape index (κ2) is 9.78. The van der Waals surface area contributed by atoms with Gasteiger partial charge >= 0.3 is 0 Å². The van der Waals surface area contributed by atoms with Crippen molar-refractivity contribution >= 4 is 34.7 Å². The molecule has 1 aromatic heterocycles. The molecule has 2 heterocycles. The van der Waals surface area contributed by atoms with E-state index >= 15 is 0 Å². The van der Waals surface area contributed by atoms with Crippen LogP contribution in [0.15, 0.2) is 30.5 Å². The average molecular weight is 380 g/mol. The number of nitrogens with zero attached hydrogens (tertiary/aromatic N) is 2. The van der Waals surface area contributed by atoms with E-state index in [0.717, 1.165) is 41.4 Å². The summed E-state index contributed by atoms with van der Waals surface area (Å²) < 4.78 is 5.91. The Morgan fingerprint density at radius 2 is 1.96 bits per heavy atom. The van der Waals surface area contributed by atoms with Crippen molar-refractivity contribution in [3.63, 3.8) is 0 Å². The monoisotopic (exact) mass is 379 g/mol. The van der Waals surface area contributed by atoms with Gasteiger partial charge in [-0.05, 0) is 30.7 Å². The zero-order valence-electron chi connectivity index (χ0n) is 15.1. The molecule has 25 heavy (non-hydrogen) atoms. The summed E-state index contributed by atoms with van der Waals surface area (Å²) in [6.07, 6.45) is 1.75. The van der Waals surface area contributed by atoms with Gasteiger partial charge in [0.05, 0.1) is 11.3 Å². The molecule has 3 rings (SSSR count). The fourth-order valence-electron chi connectivity index (χ4n) is 2.64. The number of hydrogen-bond donors (Lipinski definition) is 1. The highest BCUT2D eigenvalue weighted by Gasteiger charge is 2.18. The van der Waals surface area contributed by atoms with Gasteiger partial charge in [0.25, 0.3) is 0 Å². The summed E-state index contributed by atoms with van der Waals surface area (Å²) in [6, 6.07) is 7.80. The van der Waals surface area contributed by atoms with Gasteiger partial charge in [-0.25, -0.2) is 4.98 Å². The predicted octanol–water partition coefficient (Wildman–Crippen LogP) is 4.78. The molecular formula is C19H26ClN3OS. The molecule has 2 N–H and O–H groups in total. The Bertz CT molecular complexity index is 690. The van der Waals surface area contributed by atoms with Crippen LogP contribution < -0.4 is 15.4 Å². The van der Waals surface area contributed by atoms with Crippen LogP contribution >= 0.6 is 23.4 Å². The summed E-state index contributed by atoms with van der Waals surface area (Å²) >= 11 is 8.30. The van der Waals surface area contributed by atoms with E-state index in [2.05, 4.69) is 9.88 Å². The molecule has 0 atom stereocenters. The first kappa shape index (κ1) is 19.7. The number of halogens is 1. The lowest BCUT2D eigenvalue weighted by Crippen LogP contribution is -2.33. The van der Waals surface area contributed by atoms with Gasteiger partial charge in [-0.1, -0.05) is 31.5 Å². The van der Waals surface area contributed by atoms with Crippen molar-refractivity contribution in [1.82, 2.24) is 4.98 Å². The summed E-state index contributed by atoms with van der Waals surface area (Å²) in [6.45, 7) is 8.40. The van der Waals surface area contributed by atoms with Crippen molar-refractivity contribution in [3.8, 4) is 5.75 Å². The second-order valence-electron chi connectivity index (χ2n) is 5.53. The molecule has 1 saturated heterocycles. The lowest BCUT2D eigenvalue weighted by molar-refractivity contribution is 0.307. The third kappa shape index (κ3) is 5.19. The summed E-state index contributed by atoms with van der Waals surface area (Å²) in [5.74, 6) is 2.94. The minimum atomic E-state index is 0.360. The van der Waals surface area contributed by atoms with E-state index in [4.69, 9.17) is 22.1 Å². The highest BCUT2D eigenvalue weighted by atomic mass is 35.5. The first-order chi connectivity index (χ1) is 12.1. The van der Waals surface area contributed by atoms with Crippen LogP contribution in [-0.2, 0) is 6.61 Å². The van der Waals surface area contributed by atoms with Crippen LogP contribution in [0, 0.1) is 6.92 Å². The minimum Gasteiger partial charge on any atom is -0.487 e. The Hall–Kier alpha value is -1.59. The summed E-state index contributed by atoms with van der Waals surface area (Å²) in [7, 11) is 0. The van der Waals surface area contributed by atoms with Crippen LogP contribution in [-0.4, -0.2) is 29.6 Å². The molecule has 0 saturated carbocycles. The van der Waals surface area contributed by atoms with Gasteiger partial charge in [-0.3, -0.25) is 0 Å². The van der Waals surface area contributed by atoms with Crippen molar-refractivity contribution in [2.24, 2.45) is 0 Å². The fraction of sp³-hybridized carbons (Fsp3) is 0.421. The van der Waals surface area contributed by atoms with Crippen LogP contribution in [0.25, 0.3) is 0 Å². The third-order valence-electron chi connectivity index (χ3n) is 3.87. The number of nitrogens with two attached hydrogens (primary N) is 1. The Labute approximate surface area is 159 Å². The van der Waals surface area contributed by atoms with Crippen molar-refractivity contribution in [2.75, 3.05) is 35.2 Å². The van der Waals surface area contributed by atoms with Gasteiger partial charge in [-0.15, -0.1) is 0 Å². The standard InChI is InChI=1S/C17H20ClN3OS.C2H6/c1-12-2-3-16(14(19)10-12)22-11-13-15(4-5-20-17(13)18)21-6-8-23-9-7-21;1-2/h2-5,10H,6-9,11,19H2,1H3;1-2H3. The minimum absolute atomic E-state index is 0.360. The van der Waals surface area contributed by atoms with Gasteiger partial charge in [0.15, 0.2) is 0 Å². The second-order valence-corrected chi connectivity index (χ2v) is 7.11. The average Bonchev–Trinajstić information content (AvgIpc) is 2.64. The number of nitrogen functional groups attached to an aromatic ring is 1. The largest absolute Gasteiger partial charge is 0.487 e. The normalized spacial score (nSPS) is 13.8. The zero-order chi connectivity index (χ0) is 18.2. The van der Waals surface area contributed by atoms with Crippen LogP contribution in [0.2, 0.25) is 5.15 Å². The molecule has 1 aliphatic rings. The summed E-state index contributed by atoms with van der Waals surface area (Å²) in [5.41, 5.74) is 9.79. The number of pyridine rings is 1. The first-order valence-corrected chi connectivity index (χ1v) is 10.1. The lowest BCUT2D eigenvalue weighted by atomic mass is 10.2. The van der Waals surface area contributed by atoms with E-state index < -0.39 is 0 Å². The maximum atomic E-state index is 6.33. The van der Waals surface area contributed by atoms with Crippen LogP contribution in [0.5, 0.6) is 5.75 Å². The quantitative estimate of drug-likeness (QED) is 0.611. The number of aromatic nitrogens is 1. The van der Waals surface area contributed by atoms with Crippen molar-refractivity contribution in [1.29, 1.82) is 0 Å². The van der Waals surface area contributed by atoms with E-state index in [-0.39, 0.29) is 0 Å². The highest BCUT2D eigenvalue weighted by Crippen LogP contribution is 2.30. The molecular weight excluding hydrogens is 354 g/mol. The maximum absolute atomic E-state index is 6.33. The number of hydrogen-bond acceptors (Lipinski definition) is 5. The van der Waals surface area contributed by atoms with Gasteiger partial charge in [-0.2, -0.15) is 11.8 Å². The number of benzene rings is 1. The molecule has 2 aromatic rings. The number of thioether (sulfide) groups is 1. The van der Waals surface area contributed by atoms with Crippen molar-refractivity contribution in [3.05, 3.63) is 46.7 Å². The Morgan fingerprint density at radius 3 is 2.64 bits per heavy atom. The molecule has 4 nitrogen and oxygen atoms in total. The van der Waals surface area contributed by atoms with E-state index in [1.807, 2.05) is 56.8 Å². The molecule has 0 radical (unpaired) electrons. The summed E-state index contributed by atoms with van der Waals surface area (Å²) in [5, 5.41) is 0.492. The van der Waals surface area contributed by atoms with Crippen molar-refractivity contribution in [2.45, 2.75) is 27.4 Å². The zero-order valence-corrected chi connectivity index (χ0v) is 16.7. The molecule has 0 bridgehead atoms. The molecule has 1 fully saturated rings. The Morgan fingerprint density at radius 1 is 1.24 bits per heavy atom. The number of rotatable bonds is 4. The highest BCUT2D eigenvalue weighted by molar-refractivity contribution is 7.99. The molecule has 6 heteroatoms. The van der Waals surface area contributed by atoms with Crippen LogP contribution in [0.1, 0.15) is 25.0 Å². The lowest BCUT2D eigenvalue weighted by Gasteiger charge is -2.30. The van der Waals surface area contributed by atoms with Gasteiger partial charge in [0, 0.05) is 36.5 Å². The Kier molecular flexibility index (Phi) is 7.72.